The van der Waals surface area contributed by atoms with Gasteiger partial charge in [-0.3, -0.25) is 0 Å². The number of rotatable bonds is 6. The predicted octanol–water partition coefficient (Wildman–Crippen LogP) is 3.31. The van der Waals surface area contributed by atoms with Gasteiger partial charge in [0, 0.05) is 30.8 Å². The lowest BCUT2D eigenvalue weighted by atomic mass is 9.81. The fraction of sp³-hybridized carbons (Fsp3) is 0.286. The molecular weight excluding hydrogens is 431 g/mol. The first-order valence-electron chi connectivity index (χ1n) is 9.69. The summed E-state index contributed by atoms with van der Waals surface area (Å²) < 4.78 is 73.3. The number of benzene rings is 2. The van der Waals surface area contributed by atoms with Crippen molar-refractivity contribution in [1.29, 1.82) is 0 Å². The van der Waals surface area contributed by atoms with Crippen molar-refractivity contribution in [2.24, 2.45) is 5.92 Å². The molecule has 164 valence electrons. The summed E-state index contributed by atoms with van der Waals surface area (Å²) in [6.45, 7) is 1.45. The summed E-state index contributed by atoms with van der Waals surface area (Å²) in [5.41, 5.74) is 0.948. The highest BCUT2D eigenvalue weighted by molar-refractivity contribution is 7.89. The summed E-state index contributed by atoms with van der Waals surface area (Å²) in [5, 5.41) is 6.82. The second-order valence-corrected chi connectivity index (χ2v) is 9.08. The van der Waals surface area contributed by atoms with Crippen LogP contribution in [0, 0.1) is 23.4 Å². The Morgan fingerprint density at radius 1 is 1.13 bits per heavy atom. The van der Waals surface area contributed by atoms with E-state index >= 15 is 0 Å². The molecule has 1 fully saturated rings. The number of nitrogens with zero attached hydrogens (tertiary/aromatic N) is 2. The Labute approximate surface area is 177 Å². The standard InChI is InChI=1S/C21H20F3N3O3S/c22-16-4-2-14(3-5-16)17-6-8-25-12-15(17)13-30-20-10-19(24)21(11-18(20)23)31(28,29)27-9-1-7-26-27/h1-5,7,9-11,15,17,25H,6,8,12-13H2/t15-,17?/m0/s1. The third-order valence-corrected chi connectivity index (χ3v) is 6.93. The minimum atomic E-state index is -4.35. The smallest absolute Gasteiger partial charge is 0.285 e. The molecule has 1 unspecified atom stereocenters. The van der Waals surface area contributed by atoms with Crippen LogP contribution in [0.25, 0.3) is 0 Å². The Morgan fingerprint density at radius 2 is 1.90 bits per heavy atom. The zero-order valence-corrected chi connectivity index (χ0v) is 17.2. The lowest BCUT2D eigenvalue weighted by Gasteiger charge is -2.32. The molecule has 1 aromatic heterocycles. The molecule has 0 amide bonds. The van der Waals surface area contributed by atoms with Gasteiger partial charge in [0.1, 0.15) is 16.5 Å². The van der Waals surface area contributed by atoms with Gasteiger partial charge in [0.05, 0.1) is 12.8 Å². The first kappa shape index (κ1) is 21.4. The highest BCUT2D eigenvalue weighted by Crippen LogP contribution is 2.32. The molecule has 2 heterocycles. The highest BCUT2D eigenvalue weighted by Gasteiger charge is 2.29. The summed E-state index contributed by atoms with van der Waals surface area (Å²) in [6, 6.07) is 8.90. The van der Waals surface area contributed by atoms with E-state index in [9.17, 15) is 21.6 Å². The Kier molecular flexibility index (Phi) is 6.01. The molecule has 0 radical (unpaired) electrons. The Balaban J connectivity index is 1.53. The third-order valence-electron chi connectivity index (χ3n) is 5.35. The average molecular weight is 451 g/mol. The van der Waals surface area contributed by atoms with E-state index in [4.69, 9.17) is 4.74 Å². The van der Waals surface area contributed by atoms with Crippen LogP contribution < -0.4 is 10.1 Å². The van der Waals surface area contributed by atoms with Crippen LogP contribution in [0.4, 0.5) is 13.2 Å². The summed E-state index contributed by atoms with van der Waals surface area (Å²) >= 11 is 0. The van der Waals surface area contributed by atoms with E-state index in [2.05, 4.69) is 10.4 Å². The van der Waals surface area contributed by atoms with Crippen LogP contribution in [-0.4, -0.2) is 37.3 Å². The van der Waals surface area contributed by atoms with E-state index in [1.54, 1.807) is 12.1 Å². The van der Waals surface area contributed by atoms with E-state index in [0.29, 0.717) is 16.7 Å². The minimum absolute atomic E-state index is 0.0610. The van der Waals surface area contributed by atoms with Gasteiger partial charge in [-0.25, -0.2) is 13.2 Å². The highest BCUT2D eigenvalue weighted by atomic mass is 32.2. The summed E-state index contributed by atoms with van der Waals surface area (Å²) in [5.74, 6) is -2.82. The van der Waals surface area contributed by atoms with Gasteiger partial charge in [0.25, 0.3) is 10.0 Å². The van der Waals surface area contributed by atoms with Gasteiger partial charge in [0.2, 0.25) is 0 Å². The van der Waals surface area contributed by atoms with E-state index in [1.807, 2.05) is 0 Å². The number of piperidine rings is 1. The molecule has 6 nitrogen and oxygen atoms in total. The van der Waals surface area contributed by atoms with Gasteiger partial charge in [-0.2, -0.15) is 17.6 Å². The van der Waals surface area contributed by atoms with Gasteiger partial charge < -0.3 is 10.1 Å². The second kappa shape index (κ2) is 8.72. The number of nitrogens with one attached hydrogen (secondary N) is 1. The molecule has 3 aromatic rings. The molecule has 10 heteroatoms. The fourth-order valence-corrected chi connectivity index (χ4v) is 4.93. The lowest BCUT2D eigenvalue weighted by molar-refractivity contribution is 0.190. The van der Waals surface area contributed by atoms with Crippen LogP contribution >= 0.6 is 0 Å². The third kappa shape index (κ3) is 4.45. The normalized spacial score (nSPS) is 19.3. The summed E-state index contributed by atoms with van der Waals surface area (Å²) in [7, 11) is -4.35. The molecule has 31 heavy (non-hydrogen) atoms. The van der Waals surface area contributed by atoms with Crippen LogP contribution in [0.3, 0.4) is 0 Å². The molecule has 2 atom stereocenters. The Morgan fingerprint density at radius 3 is 2.61 bits per heavy atom. The SMILES string of the molecule is O=S(=O)(c1cc(F)c(OC[C@@H]2CNCCC2c2ccc(F)cc2)cc1F)n1cccn1. The van der Waals surface area contributed by atoms with E-state index < -0.39 is 26.6 Å². The van der Waals surface area contributed by atoms with Crippen LogP contribution in [0.5, 0.6) is 5.75 Å². The molecule has 4 rings (SSSR count). The maximum absolute atomic E-state index is 14.6. The Bertz CT molecular complexity index is 1150. The summed E-state index contributed by atoms with van der Waals surface area (Å²) in [6.07, 6.45) is 3.14. The quantitative estimate of drug-likeness (QED) is 0.623. The van der Waals surface area contributed by atoms with Crippen molar-refractivity contribution in [2.45, 2.75) is 17.2 Å². The molecule has 2 aromatic carbocycles. The fourth-order valence-electron chi connectivity index (χ4n) is 3.76. The molecule has 1 saturated heterocycles. The number of hydrogen-bond acceptors (Lipinski definition) is 5. The first-order chi connectivity index (χ1) is 14.9. The van der Waals surface area contributed by atoms with Crippen molar-refractivity contribution in [2.75, 3.05) is 19.7 Å². The van der Waals surface area contributed by atoms with Gasteiger partial charge in [-0.15, -0.1) is 0 Å². The van der Waals surface area contributed by atoms with Crippen molar-refractivity contribution in [1.82, 2.24) is 14.5 Å². The predicted molar refractivity (Wildman–Crippen MR) is 107 cm³/mol. The monoisotopic (exact) mass is 451 g/mol. The molecule has 1 aliphatic heterocycles. The zero-order chi connectivity index (χ0) is 22.0. The molecule has 0 saturated carbocycles. The summed E-state index contributed by atoms with van der Waals surface area (Å²) in [4.78, 5) is -0.829. The molecule has 0 spiro atoms. The van der Waals surface area contributed by atoms with Crippen molar-refractivity contribution in [3.8, 4) is 5.75 Å². The van der Waals surface area contributed by atoms with Crippen LogP contribution in [0.1, 0.15) is 17.9 Å². The average Bonchev–Trinajstić information content (AvgIpc) is 3.31. The van der Waals surface area contributed by atoms with Crippen molar-refractivity contribution < 1.29 is 26.3 Å². The van der Waals surface area contributed by atoms with Crippen LogP contribution in [0.15, 0.2) is 59.8 Å². The van der Waals surface area contributed by atoms with Crippen molar-refractivity contribution in [3.63, 3.8) is 0 Å². The molecule has 1 aliphatic rings. The molecule has 0 aliphatic carbocycles. The topological polar surface area (TPSA) is 73.2 Å². The molecule has 1 N–H and O–H groups in total. The molecule has 0 bridgehead atoms. The first-order valence-corrected chi connectivity index (χ1v) is 11.1. The van der Waals surface area contributed by atoms with Gasteiger partial charge >= 0.3 is 0 Å². The number of aromatic nitrogens is 2. The Hall–Kier alpha value is -2.85. The second-order valence-electron chi connectivity index (χ2n) is 7.32. The number of halogens is 3. The lowest BCUT2D eigenvalue weighted by Crippen LogP contribution is -2.38. The maximum atomic E-state index is 14.6. The largest absolute Gasteiger partial charge is 0.490 e. The van der Waals surface area contributed by atoms with E-state index in [-0.39, 0.29) is 30.0 Å². The number of ether oxygens (including phenoxy) is 1. The van der Waals surface area contributed by atoms with Crippen LogP contribution in [0.2, 0.25) is 0 Å². The molecular formula is C21H20F3N3O3S. The zero-order valence-electron chi connectivity index (χ0n) is 16.3. The van der Waals surface area contributed by atoms with E-state index in [1.165, 1.54) is 24.4 Å². The maximum Gasteiger partial charge on any atom is 0.285 e. The van der Waals surface area contributed by atoms with Crippen molar-refractivity contribution >= 4 is 10.0 Å². The van der Waals surface area contributed by atoms with Crippen LogP contribution in [-0.2, 0) is 10.0 Å². The van der Waals surface area contributed by atoms with E-state index in [0.717, 1.165) is 30.8 Å². The minimum Gasteiger partial charge on any atom is -0.490 e. The number of hydrogen-bond donors (Lipinski definition) is 1. The van der Waals surface area contributed by atoms with Gasteiger partial charge in [-0.1, -0.05) is 12.1 Å². The van der Waals surface area contributed by atoms with Gasteiger partial charge in [-0.05, 0) is 42.6 Å². The van der Waals surface area contributed by atoms with Gasteiger partial charge in [0.15, 0.2) is 11.6 Å². The van der Waals surface area contributed by atoms with Crippen molar-refractivity contribution in [3.05, 3.63) is 77.9 Å².